The Morgan fingerprint density at radius 3 is 2.63 bits per heavy atom. The molecule has 30 heavy (non-hydrogen) atoms. The van der Waals surface area contributed by atoms with Crippen LogP contribution in [0.2, 0.25) is 0 Å². The monoisotopic (exact) mass is 412 g/mol. The first kappa shape index (κ1) is 21.5. The predicted octanol–water partition coefficient (Wildman–Crippen LogP) is 2.69. The lowest BCUT2D eigenvalue weighted by atomic mass is 10.1. The largest absolute Gasteiger partial charge is 0.457 e. The van der Waals surface area contributed by atoms with Crippen LogP contribution in [-0.4, -0.2) is 25.1 Å². The highest BCUT2D eigenvalue weighted by Crippen LogP contribution is 2.14. The molecule has 0 unspecified atom stereocenters. The first-order chi connectivity index (χ1) is 14.4. The fraction of sp³-hybridized carbons (Fsp3) is 0.455. The zero-order valence-corrected chi connectivity index (χ0v) is 17.7. The topological polar surface area (TPSA) is 99.0 Å². The van der Waals surface area contributed by atoms with Gasteiger partial charge in [0, 0.05) is 13.1 Å². The van der Waals surface area contributed by atoms with Crippen molar-refractivity contribution in [2.45, 2.75) is 66.2 Å². The number of aryl methyl sites for hydroxylation is 3. The van der Waals surface area contributed by atoms with Gasteiger partial charge in [-0.25, -0.2) is 9.78 Å². The molecule has 0 spiro atoms. The van der Waals surface area contributed by atoms with Crippen LogP contribution < -0.4 is 11.2 Å². The van der Waals surface area contributed by atoms with Gasteiger partial charge < -0.3 is 9.30 Å². The van der Waals surface area contributed by atoms with E-state index in [0.29, 0.717) is 30.1 Å². The van der Waals surface area contributed by atoms with E-state index in [0.717, 1.165) is 30.4 Å². The number of aromatic amines is 1. The summed E-state index contributed by atoms with van der Waals surface area (Å²) < 4.78 is 8.69. The Kier molecular flexibility index (Phi) is 6.87. The standard InChI is InChI=1S/C22H28N4O4/c1-4-6-11-26-20-19(21(28)24-22(26)29)25(10-5-2)17(23-20)14-30-18(27)13-16-9-7-8-15(3)12-16/h7-9,12H,4-6,10-11,13-14H2,1-3H3,(H,24,28,29). The van der Waals surface area contributed by atoms with Crippen LogP contribution in [0.25, 0.3) is 11.2 Å². The van der Waals surface area contributed by atoms with Crippen molar-refractivity contribution >= 4 is 17.1 Å². The number of aromatic nitrogens is 4. The van der Waals surface area contributed by atoms with Gasteiger partial charge in [-0.2, -0.15) is 0 Å². The highest BCUT2D eigenvalue weighted by Gasteiger charge is 2.19. The van der Waals surface area contributed by atoms with Gasteiger partial charge in [0.1, 0.15) is 12.4 Å². The molecule has 0 fully saturated rings. The van der Waals surface area contributed by atoms with E-state index in [1.54, 1.807) is 4.57 Å². The summed E-state index contributed by atoms with van der Waals surface area (Å²) >= 11 is 0. The number of H-pyrrole nitrogens is 1. The molecule has 0 saturated carbocycles. The average Bonchev–Trinajstić information content (AvgIpc) is 3.05. The van der Waals surface area contributed by atoms with Gasteiger partial charge in [0.15, 0.2) is 11.2 Å². The SMILES string of the molecule is CCCCn1c(=O)[nH]c(=O)c2c1nc(COC(=O)Cc1cccc(C)c1)n2CCC. The minimum atomic E-state index is -0.471. The molecule has 1 aromatic carbocycles. The second kappa shape index (κ2) is 9.56. The van der Waals surface area contributed by atoms with Crippen LogP contribution in [0, 0.1) is 6.92 Å². The molecule has 0 bridgehead atoms. The van der Waals surface area contributed by atoms with Crippen LogP contribution in [0.3, 0.4) is 0 Å². The molecular formula is C22H28N4O4. The van der Waals surface area contributed by atoms with Crippen molar-refractivity contribution in [2.24, 2.45) is 0 Å². The van der Waals surface area contributed by atoms with Crippen molar-refractivity contribution < 1.29 is 9.53 Å². The highest BCUT2D eigenvalue weighted by molar-refractivity contribution is 5.73. The van der Waals surface area contributed by atoms with E-state index < -0.39 is 11.2 Å². The number of nitrogens with zero attached hydrogens (tertiary/aromatic N) is 3. The third kappa shape index (κ3) is 4.69. The predicted molar refractivity (Wildman–Crippen MR) is 114 cm³/mol. The number of nitrogens with one attached hydrogen (secondary N) is 1. The van der Waals surface area contributed by atoms with E-state index in [9.17, 15) is 14.4 Å². The normalized spacial score (nSPS) is 11.2. The van der Waals surface area contributed by atoms with Crippen LogP contribution in [-0.2, 0) is 35.6 Å². The molecular weight excluding hydrogens is 384 g/mol. The Balaban J connectivity index is 1.90. The second-order valence-electron chi connectivity index (χ2n) is 7.44. The van der Waals surface area contributed by atoms with Gasteiger partial charge in [-0.3, -0.25) is 19.1 Å². The van der Waals surface area contributed by atoms with Gasteiger partial charge >= 0.3 is 11.7 Å². The van der Waals surface area contributed by atoms with Crippen molar-refractivity contribution in [1.82, 2.24) is 19.1 Å². The number of hydrogen-bond acceptors (Lipinski definition) is 5. The molecule has 1 N–H and O–H groups in total. The van der Waals surface area contributed by atoms with Crippen LogP contribution in [0.1, 0.15) is 50.1 Å². The van der Waals surface area contributed by atoms with E-state index in [2.05, 4.69) is 9.97 Å². The molecule has 2 aromatic heterocycles. The quantitative estimate of drug-likeness (QED) is 0.545. The van der Waals surface area contributed by atoms with Crippen molar-refractivity contribution in [2.75, 3.05) is 0 Å². The number of esters is 1. The summed E-state index contributed by atoms with van der Waals surface area (Å²) in [6, 6.07) is 7.70. The molecule has 160 valence electrons. The molecule has 0 atom stereocenters. The van der Waals surface area contributed by atoms with Crippen molar-refractivity contribution in [1.29, 1.82) is 0 Å². The summed E-state index contributed by atoms with van der Waals surface area (Å²) in [7, 11) is 0. The van der Waals surface area contributed by atoms with E-state index in [4.69, 9.17) is 4.74 Å². The first-order valence-corrected chi connectivity index (χ1v) is 10.4. The van der Waals surface area contributed by atoms with Gasteiger partial charge in [-0.1, -0.05) is 50.1 Å². The van der Waals surface area contributed by atoms with Crippen LogP contribution >= 0.6 is 0 Å². The lowest BCUT2D eigenvalue weighted by Crippen LogP contribution is -2.31. The molecule has 0 aliphatic carbocycles. The summed E-state index contributed by atoms with van der Waals surface area (Å²) in [4.78, 5) is 44.1. The number of hydrogen-bond donors (Lipinski definition) is 1. The molecule has 0 aliphatic heterocycles. The minimum absolute atomic E-state index is 0.0548. The van der Waals surface area contributed by atoms with Gasteiger partial charge in [0.25, 0.3) is 5.56 Å². The number of benzene rings is 1. The first-order valence-electron chi connectivity index (χ1n) is 10.4. The summed E-state index contributed by atoms with van der Waals surface area (Å²) in [6.45, 7) is 6.94. The average molecular weight is 412 g/mol. The summed E-state index contributed by atoms with van der Waals surface area (Å²) in [5.41, 5.74) is 1.71. The maximum Gasteiger partial charge on any atom is 0.330 e. The number of carbonyl (C=O) groups is 1. The molecule has 3 rings (SSSR count). The van der Waals surface area contributed by atoms with E-state index in [1.165, 1.54) is 4.57 Å². The minimum Gasteiger partial charge on any atom is -0.457 e. The highest BCUT2D eigenvalue weighted by atomic mass is 16.5. The number of rotatable bonds is 9. The molecule has 0 saturated heterocycles. The third-order valence-corrected chi connectivity index (χ3v) is 4.94. The van der Waals surface area contributed by atoms with Gasteiger partial charge in [0.05, 0.1) is 6.42 Å². The zero-order valence-electron chi connectivity index (χ0n) is 17.7. The number of imidazole rings is 1. The number of fused-ring (bicyclic) bond motifs is 1. The van der Waals surface area contributed by atoms with Crippen LogP contribution in [0.5, 0.6) is 0 Å². The summed E-state index contributed by atoms with van der Waals surface area (Å²) in [5, 5.41) is 0. The van der Waals surface area contributed by atoms with Crippen molar-refractivity contribution in [3.05, 3.63) is 62.1 Å². The molecule has 2 heterocycles. The van der Waals surface area contributed by atoms with E-state index in [1.807, 2.05) is 45.0 Å². The van der Waals surface area contributed by atoms with E-state index in [-0.39, 0.29) is 19.0 Å². The summed E-state index contributed by atoms with van der Waals surface area (Å²) in [6.07, 6.45) is 2.63. The Labute approximate surface area is 174 Å². The fourth-order valence-electron chi connectivity index (χ4n) is 3.50. The molecule has 3 aromatic rings. The fourth-order valence-corrected chi connectivity index (χ4v) is 3.50. The lowest BCUT2D eigenvalue weighted by Gasteiger charge is -2.09. The van der Waals surface area contributed by atoms with Crippen LogP contribution in [0.4, 0.5) is 0 Å². The smallest absolute Gasteiger partial charge is 0.330 e. The Bertz CT molecular complexity index is 1160. The maximum atomic E-state index is 12.5. The van der Waals surface area contributed by atoms with Gasteiger partial charge in [-0.15, -0.1) is 0 Å². The third-order valence-electron chi connectivity index (χ3n) is 4.94. The molecule has 0 aliphatic rings. The van der Waals surface area contributed by atoms with Crippen molar-refractivity contribution in [3.8, 4) is 0 Å². The Hall–Kier alpha value is -3.16. The maximum absolute atomic E-state index is 12.5. The second-order valence-corrected chi connectivity index (χ2v) is 7.44. The number of carbonyl (C=O) groups excluding carboxylic acids is 1. The Morgan fingerprint density at radius 2 is 1.93 bits per heavy atom. The summed E-state index contributed by atoms with van der Waals surface area (Å²) in [5.74, 6) is 0.0961. The molecule has 0 radical (unpaired) electrons. The lowest BCUT2D eigenvalue weighted by molar-refractivity contribution is -0.144. The zero-order chi connectivity index (χ0) is 21.7. The molecule has 0 amide bonds. The van der Waals surface area contributed by atoms with Crippen LogP contribution in [0.15, 0.2) is 33.9 Å². The molecule has 8 nitrogen and oxygen atoms in total. The number of unbranched alkanes of at least 4 members (excludes halogenated alkanes) is 1. The number of ether oxygens (including phenoxy) is 1. The van der Waals surface area contributed by atoms with Gasteiger partial charge in [-0.05, 0) is 25.3 Å². The molecule has 8 heteroatoms. The Morgan fingerprint density at radius 1 is 1.13 bits per heavy atom. The van der Waals surface area contributed by atoms with E-state index >= 15 is 0 Å². The van der Waals surface area contributed by atoms with Gasteiger partial charge in [0.2, 0.25) is 0 Å². The van der Waals surface area contributed by atoms with Crippen molar-refractivity contribution in [3.63, 3.8) is 0 Å².